The van der Waals surface area contributed by atoms with Gasteiger partial charge in [0.25, 0.3) is 5.91 Å². The molecule has 0 saturated carbocycles. The molecule has 0 bridgehead atoms. The van der Waals surface area contributed by atoms with Gasteiger partial charge in [-0.2, -0.15) is 0 Å². The Balaban J connectivity index is 1.62. The highest BCUT2D eigenvalue weighted by atomic mass is 32.2. The van der Waals surface area contributed by atoms with E-state index >= 15 is 0 Å². The lowest BCUT2D eigenvalue weighted by atomic mass is 9.92. The van der Waals surface area contributed by atoms with E-state index in [9.17, 15) is 13.2 Å². The van der Waals surface area contributed by atoms with E-state index in [1.165, 1.54) is 6.07 Å². The quantitative estimate of drug-likeness (QED) is 0.558. The van der Waals surface area contributed by atoms with Gasteiger partial charge in [-0.25, -0.2) is 8.42 Å². The number of aromatic nitrogens is 1. The third-order valence-electron chi connectivity index (χ3n) is 6.04. The topological polar surface area (TPSA) is 67.3 Å². The lowest BCUT2D eigenvalue weighted by Crippen LogP contribution is -2.40. The summed E-state index contributed by atoms with van der Waals surface area (Å²) < 4.78 is 25.0. The van der Waals surface area contributed by atoms with Crippen molar-refractivity contribution in [3.8, 4) is 11.1 Å². The molecule has 5 nitrogen and oxygen atoms in total. The van der Waals surface area contributed by atoms with Crippen LogP contribution in [-0.4, -0.2) is 43.1 Å². The first-order valence-electron chi connectivity index (χ1n) is 11.0. The van der Waals surface area contributed by atoms with Crippen LogP contribution < -0.4 is 0 Å². The van der Waals surface area contributed by atoms with Crippen molar-refractivity contribution in [1.82, 2.24) is 9.88 Å². The Bertz CT molecular complexity index is 1220. The third kappa shape index (κ3) is 4.60. The van der Waals surface area contributed by atoms with Crippen LogP contribution in [0, 0.1) is 6.92 Å². The fourth-order valence-electron chi connectivity index (χ4n) is 4.34. The fraction of sp³-hybridized carbons (Fsp3) is 0.308. The van der Waals surface area contributed by atoms with Gasteiger partial charge >= 0.3 is 0 Å². The highest BCUT2D eigenvalue weighted by Gasteiger charge is 2.29. The summed E-state index contributed by atoms with van der Waals surface area (Å²) in [6.07, 6.45) is 1.80. The molecule has 32 heavy (non-hydrogen) atoms. The van der Waals surface area contributed by atoms with Gasteiger partial charge in [-0.05, 0) is 55.2 Å². The van der Waals surface area contributed by atoms with Crippen molar-refractivity contribution in [1.29, 1.82) is 0 Å². The van der Waals surface area contributed by atoms with E-state index in [1.54, 1.807) is 30.0 Å². The van der Waals surface area contributed by atoms with Gasteiger partial charge in [-0.3, -0.25) is 9.78 Å². The number of piperidine rings is 1. The molecule has 0 spiro atoms. The van der Waals surface area contributed by atoms with Crippen molar-refractivity contribution >= 4 is 15.7 Å². The summed E-state index contributed by atoms with van der Waals surface area (Å²) in [5.41, 5.74) is 4.45. The number of carbonyl (C=O) groups is 1. The second-order valence-corrected chi connectivity index (χ2v) is 10.5. The summed E-state index contributed by atoms with van der Waals surface area (Å²) >= 11 is 0. The van der Waals surface area contributed by atoms with Crippen LogP contribution in [0.1, 0.15) is 47.4 Å². The number of rotatable bonds is 5. The molecule has 0 radical (unpaired) electrons. The first-order chi connectivity index (χ1) is 15.4. The molecular weight excluding hydrogens is 420 g/mol. The molecule has 1 aromatic heterocycles. The normalized spacial score (nSPS) is 16.7. The minimum Gasteiger partial charge on any atom is -0.338 e. The molecule has 3 aromatic rings. The summed E-state index contributed by atoms with van der Waals surface area (Å²) in [5, 5.41) is 0. The van der Waals surface area contributed by atoms with Crippen LogP contribution in [0.25, 0.3) is 11.1 Å². The van der Waals surface area contributed by atoms with Crippen molar-refractivity contribution in [2.45, 2.75) is 37.5 Å². The molecule has 2 aromatic carbocycles. The van der Waals surface area contributed by atoms with E-state index in [1.807, 2.05) is 25.1 Å². The zero-order valence-corrected chi connectivity index (χ0v) is 19.3. The smallest absolute Gasteiger partial charge is 0.255 e. The highest BCUT2D eigenvalue weighted by molar-refractivity contribution is 7.91. The molecule has 1 aliphatic heterocycles. The van der Waals surface area contributed by atoms with Gasteiger partial charge in [0.1, 0.15) is 0 Å². The largest absolute Gasteiger partial charge is 0.338 e. The van der Waals surface area contributed by atoms with Crippen molar-refractivity contribution in [2.75, 3.05) is 18.8 Å². The van der Waals surface area contributed by atoms with Gasteiger partial charge in [0.05, 0.1) is 16.2 Å². The number of likely N-dealkylation sites (tertiary alicyclic amines) is 1. The average molecular weight is 449 g/mol. The SMILES string of the molecule is CCS(=O)(=O)c1ccccc1C(=O)N1CCC[C@@H](c2cc(-c3ccccc3)cc(C)n2)C1. The third-order valence-corrected chi connectivity index (χ3v) is 7.83. The molecular formula is C26H28N2O3S. The maximum Gasteiger partial charge on any atom is 0.255 e. The molecule has 166 valence electrons. The molecule has 0 unspecified atom stereocenters. The number of benzene rings is 2. The van der Waals surface area contributed by atoms with Crippen molar-refractivity contribution in [3.05, 3.63) is 83.7 Å². The Hall–Kier alpha value is -2.99. The number of amides is 1. The Kier molecular flexibility index (Phi) is 6.42. The maximum absolute atomic E-state index is 13.4. The molecule has 1 amide bonds. The van der Waals surface area contributed by atoms with E-state index in [0.717, 1.165) is 35.4 Å². The van der Waals surface area contributed by atoms with Crippen molar-refractivity contribution in [3.63, 3.8) is 0 Å². The lowest BCUT2D eigenvalue weighted by molar-refractivity contribution is 0.0702. The second kappa shape index (κ2) is 9.25. The minimum absolute atomic E-state index is 0.0323. The molecule has 6 heteroatoms. The maximum atomic E-state index is 13.4. The number of pyridine rings is 1. The monoisotopic (exact) mass is 448 g/mol. The molecule has 0 aliphatic carbocycles. The number of hydrogen-bond donors (Lipinski definition) is 0. The highest BCUT2D eigenvalue weighted by Crippen LogP contribution is 2.31. The van der Waals surface area contributed by atoms with Crippen LogP contribution in [0.3, 0.4) is 0 Å². The van der Waals surface area contributed by atoms with E-state index in [0.29, 0.717) is 13.1 Å². The Morgan fingerprint density at radius 2 is 1.75 bits per heavy atom. The number of aryl methyl sites for hydroxylation is 1. The number of sulfone groups is 1. The van der Waals surface area contributed by atoms with Crippen LogP contribution in [0.15, 0.2) is 71.6 Å². The molecule has 1 atom stereocenters. The van der Waals surface area contributed by atoms with E-state index in [4.69, 9.17) is 4.98 Å². The molecule has 4 rings (SSSR count). The van der Waals surface area contributed by atoms with Crippen molar-refractivity contribution < 1.29 is 13.2 Å². The summed E-state index contributed by atoms with van der Waals surface area (Å²) in [6, 6.07) is 20.9. The Morgan fingerprint density at radius 1 is 1.03 bits per heavy atom. The van der Waals surface area contributed by atoms with E-state index in [-0.39, 0.29) is 28.0 Å². The lowest BCUT2D eigenvalue weighted by Gasteiger charge is -2.33. The van der Waals surface area contributed by atoms with Gasteiger partial charge < -0.3 is 4.90 Å². The predicted octanol–water partition coefficient (Wildman–Crippen LogP) is 4.87. The van der Waals surface area contributed by atoms with Crippen LogP contribution in [0.5, 0.6) is 0 Å². The molecule has 1 fully saturated rings. The number of hydrogen-bond acceptors (Lipinski definition) is 4. The van der Waals surface area contributed by atoms with Gasteiger partial charge in [0.2, 0.25) is 0 Å². The van der Waals surface area contributed by atoms with Gasteiger partial charge in [-0.15, -0.1) is 0 Å². The van der Waals surface area contributed by atoms with Crippen molar-refractivity contribution in [2.24, 2.45) is 0 Å². The molecule has 1 aliphatic rings. The van der Waals surface area contributed by atoms with Crippen LogP contribution in [-0.2, 0) is 9.84 Å². The average Bonchev–Trinajstić information content (AvgIpc) is 2.84. The van der Waals surface area contributed by atoms with Gasteiger partial charge in [0.15, 0.2) is 9.84 Å². The van der Waals surface area contributed by atoms with Gasteiger partial charge in [-0.1, -0.05) is 49.4 Å². The number of carbonyl (C=O) groups excluding carboxylic acids is 1. The summed E-state index contributed by atoms with van der Waals surface area (Å²) in [6.45, 7) is 4.74. The number of nitrogens with zero attached hydrogens (tertiary/aromatic N) is 2. The first kappa shape index (κ1) is 22.2. The molecule has 0 N–H and O–H groups in total. The molecule has 2 heterocycles. The van der Waals surface area contributed by atoms with Gasteiger partial charge in [0, 0.05) is 30.4 Å². The van der Waals surface area contributed by atoms with Crippen LogP contribution in [0.2, 0.25) is 0 Å². The standard InChI is InChI=1S/C26H28N2O3S/c1-3-32(30,31)25-14-8-7-13-23(25)26(29)28-15-9-12-21(18-28)24-17-22(16-19(2)27-24)20-10-5-4-6-11-20/h4-8,10-11,13-14,16-17,21H,3,9,12,15,18H2,1-2H3/t21-/m1/s1. The summed E-state index contributed by atoms with van der Waals surface area (Å²) in [7, 11) is -3.48. The van der Waals surface area contributed by atoms with Crippen LogP contribution in [0.4, 0.5) is 0 Å². The van der Waals surface area contributed by atoms with Crippen LogP contribution >= 0.6 is 0 Å². The minimum atomic E-state index is -3.48. The first-order valence-corrected chi connectivity index (χ1v) is 12.7. The molecule has 1 saturated heterocycles. The Morgan fingerprint density at radius 3 is 2.50 bits per heavy atom. The predicted molar refractivity (Wildman–Crippen MR) is 126 cm³/mol. The van der Waals surface area contributed by atoms with E-state index in [2.05, 4.69) is 24.3 Å². The summed E-state index contributed by atoms with van der Waals surface area (Å²) in [5.74, 6) is -0.140. The fourth-order valence-corrected chi connectivity index (χ4v) is 5.43. The zero-order valence-electron chi connectivity index (χ0n) is 18.5. The Labute approximate surface area is 190 Å². The second-order valence-electron chi connectivity index (χ2n) is 8.28. The zero-order chi connectivity index (χ0) is 22.7. The van der Waals surface area contributed by atoms with E-state index < -0.39 is 9.84 Å². The summed E-state index contributed by atoms with van der Waals surface area (Å²) in [4.78, 5) is 20.0.